The molecule has 0 radical (unpaired) electrons. The Labute approximate surface area is 179 Å². The SMILES string of the molecule is Cc1ccc(Nc2cc(Nc3ccc(NC(=O)c4cn(C)nn4)cc3)nc(C)n2)cc1. The van der Waals surface area contributed by atoms with Gasteiger partial charge in [-0.1, -0.05) is 22.9 Å². The van der Waals surface area contributed by atoms with Gasteiger partial charge in [0.1, 0.15) is 17.5 Å². The summed E-state index contributed by atoms with van der Waals surface area (Å²) < 4.78 is 1.48. The summed E-state index contributed by atoms with van der Waals surface area (Å²) >= 11 is 0. The highest BCUT2D eigenvalue weighted by atomic mass is 16.2. The van der Waals surface area contributed by atoms with E-state index in [2.05, 4.69) is 36.2 Å². The predicted molar refractivity (Wildman–Crippen MR) is 120 cm³/mol. The van der Waals surface area contributed by atoms with Gasteiger partial charge in [0.05, 0.1) is 6.20 Å². The maximum Gasteiger partial charge on any atom is 0.277 e. The van der Waals surface area contributed by atoms with Crippen molar-refractivity contribution < 1.29 is 4.79 Å². The molecular formula is C22H22N8O. The average molecular weight is 414 g/mol. The standard InChI is InChI=1S/C22H22N8O/c1-14-4-6-16(7-5-14)25-20-12-21(24-15(2)23-20)26-17-8-10-18(11-9-17)27-22(31)19-13-30(3)29-28-19/h4-13H,1-3H3,(H,27,31)(H2,23,24,25,26). The van der Waals surface area contributed by atoms with Crippen molar-refractivity contribution in [1.82, 2.24) is 25.0 Å². The van der Waals surface area contributed by atoms with Crippen molar-refractivity contribution in [1.29, 1.82) is 0 Å². The molecule has 0 aliphatic carbocycles. The predicted octanol–water partition coefficient (Wildman–Crippen LogP) is 3.96. The molecule has 2 heterocycles. The molecule has 0 atom stereocenters. The minimum atomic E-state index is -0.313. The zero-order valence-corrected chi connectivity index (χ0v) is 17.4. The first kappa shape index (κ1) is 20.0. The summed E-state index contributed by atoms with van der Waals surface area (Å²) in [5.41, 5.74) is 3.90. The summed E-state index contributed by atoms with van der Waals surface area (Å²) in [5.74, 6) is 1.70. The highest BCUT2D eigenvalue weighted by Gasteiger charge is 2.10. The minimum absolute atomic E-state index is 0.259. The molecule has 0 bridgehead atoms. The Hall–Kier alpha value is -4.27. The average Bonchev–Trinajstić information content (AvgIpc) is 3.17. The van der Waals surface area contributed by atoms with E-state index in [1.165, 1.54) is 10.2 Å². The lowest BCUT2D eigenvalue weighted by molar-refractivity contribution is 0.102. The molecular weight excluding hydrogens is 392 g/mol. The van der Waals surface area contributed by atoms with Crippen LogP contribution in [0.25, 0.3) is 0 Å². The number of carbonyl (C=O) groups is 1. The molecule has 156 valence electrons. The molecule has 2 aromatic heterocycles. The van der Waals surface area contributed by atoms with Crippen LogP contribution >= 0.6 is 0 Å². The number of aromatic nitrogens is 5. The Bertz CT molecular complexity index is 1200. The Morgan fingerprint density at radius 3 is 1.94 bits per heavy atom. The first-order valence-electron chi connectivity index (χ1n) is 9.69. The lowest BCUT2D eigenvalue weighted by Gasteiger charge is -2.11. The smallest absolute Gasteiger partial charge is 0.277 e. The molecule has 0 spiro atoms. The topological polar surface area (TPSA) is 110 Å². The molecule has 2 aromatic carbocycles. The molecule has 0 saturated carbocycles. The highest BCUT2D eigenvalue weighted by molar-refractivity contribution is 6.02. The van der Waals surface area contributed by atoms with E-state index in [1.54, 1.807) is 25.4 Å². The number of rotatable bonds is 6. The van der Waals surface area contributed by atoms with Crippen LogP contribution in [0.1, 0.15) is 21.9 Å². The number of aryl methyl sites for hydroxylation is 3. The Balaban J connectivity index is 1.43. The van der Waals surface area contributed by atoms with Gasteiger partial charge in [-0.05, 0) is 50.2 Å². The number of nitrogens with one attached hydrogen (secondary N) is 3. The van der Waals surface area contributed by atoms with E-state index in [4.69, 9.17) is 0 Å². The highest BCUT2D eigenvalue weighted by Crippen LogP contribution is 2.22. The van der Waals surface area contributed by atoms with Crippen molar-refractivity contribution in [2.75, 3.05) is 16.0 Å². The van der Waals surface area contributed by atoms with Gasteiger partial charge >= 0.3 is 0 Å². The Morgan fingerprint density at radius 1 is 0.839 bits per heavy atom. The van der Waals surface area contributed by atoms with E-state index in [0.717, 1.165) is 11.4 Å². The van der Waals surface area contributed by atoms with Gasteiger partial charge in [-0.25, -0.2) is 9.97 Å². The molecule has 4 aromatic rings. The molecule has 0 fully saturated rings. The van der Waals surface area contributed by atoms with Crippen LogP contribution in [0, 0.1) is 13.8 Å². The number of amides is 1. The molecule has 9 nitrogen and oxygen atoms in total. The van der Waals surface area contributed by atoms with Crippen molar-refractivity contribution in [2.24, 2.45) is 7.05 Å². The van der Waals surface area contributed by atoms with Crippen LogP contribution in [0.2, 0.25) is 0 Å². The van der Waals surface area contributed by atoms with E-state index >= 15 is 0 Å². The van der Waals surface area contributed by atoms with E-state index in [9.17, 15) is 4.79 Å². The fourth-order valence-corrected chi connectivity index (χ4v) is 2.91. The van der Waals surface area contributed by atoms with E-state index in [0.29, 0.717) is 23.1 Å². The van der Waals surface area contributed by atoms with Crippen LogP contribution in [-0.2, 0) is 7.05 Å². The third-order valence-corrected chi connectivity index (χ3v) is 4.41. The summed E-state index contributed by atoms with van der Waals surface area (Å²) in [4.78, 5) is 21.1. The van der Waals surface area contributed by atoms with Crippen LogP contribution in [-0.4, -0.2) is 30.9 Å². The van der Waals surface area contributed by atoms with Crippen LogP contribution in [0.5, 0.6) is 0 Å². The molecule has 0 aliphatic rings. The second-order valence-electron chi connectivity index (χ2n) is 7.11. The van der Waals surface area contributed by atoms with Crippen molar-refractivity contribution >= 4 is 34.6 Å². The van der Waals surface area contributed by atoms with Crippen LogP contribution in [0.4, 0.5) is 28.7 Å². The van der Waals surface area contributed by atoms with Gasteiger partial charge in [-0.15, -0.1) is 5.10 Å². The lowest BCUT2D eigenvalue weighted by Crippen LogP contribution is -2.12. The molecule has 0 unspecified atom stereocenters. The molecule has 4 rings (SSSR count). The third kappa shape index (κ3) is 5.21. The third-order valence-electron chi connectivity index (χ3n) is 4.41. The van der Waals surface area contributed by atoms with E-state index < -0.39 is 0 Å². The number of hydrogen-bond acceptors (Lipinski definition) is 7. The molecule has 0 saturated heterocycles. The van der Waals surface area contributed by atoms with E-state index in [1.807, 2.05) is 56.3 Å². The molecule has 0 aliphatic heterocycles. The number of benzene rings is 2. The fourth-order valence-electron chi connectivity index (χ4n) is 2.91. The second-order valence-corrected chi connectivity index (χ2v) is 7.11. The second kappa shape index (κ2) is 8.62. The van der Waals surface area contributed by atoms with Gasteiger partial charge in [0, 0.05) is 30.2 Å². The summed E-state index contributed by atoms with van der Waals surface area (Å²) in [6.45, 7) is 3.89. The monoisotopic (exact) mass is 414 g/mol. The summed E-state index contributed by atoms with van der Waals surface area (Å²) in [6.07, 6.45) is 1.56. The van der Waals surface area contributed by atoms with Gasteiger partial charge in [-0.3, -0.25) is 9.48 Å². The summed E-state index contributed by atoms with van der Waals surface area (Å²) in [6, 6.07) is 17.3. The number of anilines is 5. The van der Waals surface area contributed by atoms with Crippen molar-refractivity contribution in [2.45, 2.75) is 13.8 Å². The van der Waals surface area contributed by atoms with Crippen molar-refractivity contribution in [3.05, 3.63) is 77.9 Å². The largest absolute Gasteiger partial charge is 0.340 e. The van der Waals surface area contributed by atoms with Gasteiger partial charge in [-0.2, -0.15) is 0 Å². The van der Waals surface area contributed by atoms with Crippen LogP contribution in [0.15, 0.2) is 60.8 Å². The summed E-state index contributed by atoms with van der Waals surface area (Å²) in [5, 5.41) is 16.9. The Kier molecular flexibility index (Phi) is 5.57. The molecule has 3 N–H and O–H groups in total. The molecule has 9 heteroatoms. The maximum absolute atomic E-state index is 12.2. The number of carbonyl (C=O) groups excluding carboxylic acids is 1. The van der Waals surface area contributed by atoms with Crippen LogP contribution in [0.3, 0.4) is 0 Å². The minimum Gasteiger partial charge on any atom is -0.340 e. The molecule has 31 heavy (non-hydrogen) atoms. The lowest BCUT2D eigenvalue weighted by atomic mass is 10.2. The Morgan fingerprint density at radius 2 is 1.39 bits per heavy atom. The van der Waals surface area contributed by atoms with Gasteiger partial charge < -0.3 is 16.0 Å². The first-order chi connectivity index (χ1) is 14.9. The summed E-state index contributed by atoms with van der Waals surface area (Å²) in [7, 11) is 1.71. The van der Waals surface area contributed by atoms with Crippen molar-refractivity contribution in [3.8, 4) is 0 Å². The van der Waals surface area contributed by atoms with Gasteiger partial charge in [0.25, 0.3) is 5.91 Å². The number of nitrogens with zero attached hydrogens (tertiary/aromatic N) is 5. The zero-order chi connectivity index (χ0) is 21.8. The molecule has 1 amide bonds. The zero-order valence-electron chi connectivity index (χ0n) is 17.4. The van der Waals surface area contributed by atoms with Crippen LogP contribution < -0.4 is 16.0 Å². The quantitative estimate of drug-likeness (QED) is 0.438. The van der Waals surface area contributed by atoms with Gasteiger partial charge in [0.2, 0.25) is 0 Å². The maximum atomic E-state index is 12.2. The number of hydrogen-bond donors (Lipinski definition) is 3. The van der Waals surface area contributed by atoms with Gasteiger partial charge in [0.15, 0.2) is 5.69 Å². The normalized spacial score (nSPS) is 10.5. The first-order valence-corrected chi connectivity index (χ1v) is 9.69. The fraction of sp³-hybridized carbons (Fsp3) is 0.136. The van der Waals surface area contributed by atoms with Crippen molar-refractivity contribution in [3.63, 3.8) is 0 Å². The van der Waals surface area contributed by atoms with E-state index in [-0.39, 0.29) is 11.6 Å².